The largest absolute Gasteiger partial charge is 0.348 e. The van der Waals surface area contributed by atoms with Crippen molar-refractivity contribution in [1.82, 2.24) is 5.32 Å². The lowest BCUT2D eigenvalue weighted by atomic mass is 10.2. The fourth-order valence-electron chi connectivity index (χ4n) is 1.37. The van der Waals surface area contributed by atoms with Crippen LogP contribution in [0.3, 0.4) is 0 Å². The van der Waals surface area contributed by atoms with Gasteiger partial charge in [0.15, 0.2) is 0 Å². The molecule has 0 fully saturated rings. The number of hydrogen-bond donors (Lipinski definition) is 1. The maximum Gasteiger partial charge on any atom is 0.246 e. The van der Waals surface area contributed by atoms with Crippen LogP contribution in [-0.4, -0.2) is 5.91 Å². The van der Waals surface area contributed by atoms with E-state index in [-0.39, 0.29) is 5.91 Å². The van der Waals surface area contributed by atoms with Gasteiger partial charge < -0.3 is 5.32 Å². The van der Waals surface area contributed by atoms with Crippen LogP contribution in [0.5, 0.6) is 0 Å². The van der Waals surface area contributed by atoms with Gasteiger partial charge in [-0.05, 0) is 18.9 Å². The molecule has 0 atom stereocenters. The number of benzene rings is 1. The molecular weight excluding hydrogens is 198 g/mol. The zero-order valence-electron chi connectivity index (χ0n) is 9.99. The molecule has 0 radical (unpaired) electrons. The van der Waals surface area contributed by atoms with Gasteiger partial charge in [0.05, 0.1) is 0 Å². The van der Waals surface area contributed by atoms with Crippen molar-refractivity contribution >= 4 is 5.91 Å². The Hall–Kier alpha value is -1.57. The van der Waals surface area contributed by atoms with Gasteiger partial charge in [-0.1, -0.05) is 49.8 Å². The third kappa shape index (κ3) is 4.30. The fraction of sp³-hybridized carbons (Fsp3) is 0.357. The van der Waals surface area contributed by atoms with Gasteiger partial charge in [0.25, 0.3) is 0 Å². The highest BCUT2D eigenvalue weighted by atomic mass is 16.1. The maximum absolute atomic E-state index is 11.6. The molecule has 0 bridgehead atoms. The minimum atomic E-state index is 0.0253. The van der Waals surface area contributed by atoms with Crippen molar-refractivity contribution in [1.29, 1.82) is 0 Å². The standard InChI is InChI=1S/C14H19NO/c1-3-4-8-12(2)14(16)15-11-13-9-6-5-7-10-13/h5-10H,3-4,11H2,1-2H3,(H,15,16)/b12-8+. The van der Waals surface area contributed by atoms with E-state index >= 15 is 0 Å². The molecule has 0 saturated heterocycles. The van der Waals surface area contributed by atoms with Crippen LogP contribution >= 0.6 is 0 Å². The summed E-state index contributed by atoms with van der Waals surface area (Å²) in [5, 5.41) is 2.90. The summed E-state index contributed by atoms with van der Waals surface area (Å²) in [7, 11) is 0. The first kappa shape index (κ1) is 12.5. The molecule has 16 heavy (non-hydrogen) atoms. The van der Waals surface area contributed by atoms with Crippen LogP contribution in [0.2, 0.25) is 0 Å². The zero-order valence-corrected chi connectivity index (χ0v) is 9.99. The highest BCUT2D eigenvalue weighted by Gasteiger charge is 2.02. The fourth-order valence-corrected chi connectivity index (χ4v) is 1.37. The molecule has 0 aliphatic heterocycles. The second kappa shape index (κ2) is 6.83. The van der Waals surface area contributed by atoms with Crippen LogP contribution in [-0.2, 0) is 11.3 Å². The Kier molecular flexibility index (Phi) is 5.34. The molecule has 86 valence electrons. The van der Waals surface area contributed by atoms with Gasteiger partial charge in [-0.25, -0.2) is 0 Å². The minimum absolute atomic E-state index is 0.0253. The van der Waals surface area contributed by atoms with E-state index in [1.807, 2.05) is 43.3 Å². The lowest BCUT2D eigenvalue weighted by molar-refractivity contribution is -0.117. The van der Waals surface area contributed by atoms with Crippen molar-refractivity contribution in [3.8, 4) is 0 Å². The van der Waals surface area contributed by atoms with Crippen molar-refractivity contribution < 1.29 is 4.79 Å². The Balaban J connectivity index is 2.41. The van der Waals surface area contributed by atoms with Crippen LogP contribution in [0.4, 0.5) is 0 Å². The number of amides is 1. The monoisotopic (exact) mass is 217 g/mol. The van der Waals surface area contributed by atoms with Gasteiger partial charge in [0.1, 0.15) is 0 Å². The highest BCUT2D eigenvalue weighted by molar-refractivity contribution is 5.92. The van der Waals surface area contributed by atoms with E-state index in [1.165, 1.54) is 0 Å². The molecule has 2 nitrogen and oxygen atoms in total. The van der Waals surface area contributed by atoms with E-state index in [1.54, 1.807) is 0 Å². The molecule has 0 saturated carbocycles. The third-order valence-corrected chi connectivity index (χ3v) is 2.39. The van der Waals surface area contributed by atoms with E-state index in [9.17, 15) is 4.79 Å². The van der Waals surface area contributed by atoms with Crippen LogP contribution < -0.4 is 5.32 Å². The molecule has 0 aliphatic carbocycles. The van der Waals surface area contributed by atoms with Crippen molar-refractivity contribution in [2.45, 2.75) is 33.2 Å². The molecular formula is C14H19NO. The normalized spacial score (nSPS) is 11.2. The zero-order chi connectivity index (χ0) is 11.8. The van der Waals surface area contributed by atoms with Gasteiger partial charge in [-0.3, -0.25) is 4.79 Å². The molecule has 1 amide bonds. The second-order valence-corrected chi connectivity index (χ2v) is 3.84. The van der Waals surface area contributed by atoms with E-state index in [0.29, 0.717) is 6.54 Å². The summed E-state index contributed by atoms with van der Waals surface area (Å²) in [6, 6.07) is 9.93. The minimum Gasteiger partial charge on any atom is -0.348 e. The van der Waals surface area contributed by atoms with Gasteiger partial charge in [-0.15, -0.1) is 0 Å². The molecule has 0 aromatic heterocycles. The van der Waals surface area contributed by atoms with Crippen molar-refractivity contribution in [3.05, 3.63) is 47.5 Å². The Morgan fingerprint density at radius 1 is 1.31 bits per heavy atom. The molecule has 0 spiro atoms. The first-order chi connectivity index (χ1) is 7.74. The molecule has 0 heterocycles. The first-order valence-corrected chi connectivity index (χ1v) is 5.73. The lowest BCUT2D eigenvalue weighted by Crippen LogP contribution is -2.23. The number of rotatable bonds is 5. The Morgan fingerprint density at radius 2 is 2.00 bits per heavy atom. The van der Waals surface area contributed by atoms with Gasteiger partial charge >= 0.3 is 0 Å². The SMILES string of the molecule is CCC/C=C(\C)C(=O)NCc1ccccc1. The molecule has 1 N–H and O–H groups in total. The van der Waals surface area contributed by atoms with Crippen LogP contribution in [0.25, 0.3) is 0 Å². The summed E-state index contributed by atoms with van der Waals surface area (Å²) in [5.41, 5.74) is 1.93. The summed E-state index contributed by atoms with van der Waals surface area (Å²) in [4.78, 5) is 11.6. The van der Waals surface area contributed by atoms with Gasteiger partial charge in [0.2, 0.25) is 5.91 Å². The highest BCUT2D eigenvalue weighted by Crippen LogP contribution is 2.01. The second-order valence-electron chi connectivity index (χ2n) is 3.84. The summed E-state index contributed by atoms with van der Waals surface area (Å²) in [6.07, 6.45) is 4.02. The Morgan fingerprint density at radius 3 is 2.62 bits per heavy atom. The molecule has 1 rings (SSSR count). The molecule has 1 aromatic carbocycles. The summed E-state index contributed by atoms with van der Waals surface area (Å²) in [6.45, 7) is 4.55. The number of hydrogen-bond acceptors (Lipinski definition) is 1. The Labute approximate surface area is 97.4 Å². The predicted octanol–water partition coefficient (Wildman–Crippen LogP) is 3.05. The summed E-state index contributed by atoms with van der Waals surface area (Å²) >= 11 is 0. The predicted molar refractivity (Wildman–Crippen MR) is 67.0 cm³/mol. The first-order valence-electron chi connectivity index (χ1n) is 5.73. The van der Waals surface area contributed by atoms with E-state index in [4.69, 9.17) is 0 Å². The molecule has 2 heteroatoms. The van der Waals surface area contributed by atoms with Crippen molar-refractivity contribution in [2.75, 3.05) is 0 Å². The molecule has 1 aromatic rings. The van der Waals surface area contributed by atoms with Crippen LogP contribution in [0.15, 0.2) is 42.0 Å². The lowest BCUT2D eigenvalue weighted by Gasteiger charge is -2.05. The number of unbranched alkanes of at least 4 members (excludes halogenated alkanes) is 1. The quantitative estimate of drug-likeness (QED) is 0.755. The summed E-state index contributed by atoms with van der Waals surface area (Å²) < 4.78 is 0. The third-order valence-electron chi connectivity index (χ3n) is 2.39. The molecule has 0 unspecified atom stereocenters. The van der Waals surface area contributed by atoms with E-state index in [2.05, 4.69) is 12.2 Å². The average Bonchev–Trinajstić information content (AvgIpc) is 2.34. The van der Waals surface area contributed by atoms with Crippen LogP contribution in [0, 0.1) is 0 Å². The smallest absolute Gasteiger partial charge is 0.246 e. The number of allylic oxidation sites excluding steroid dienone is 1. The molecule has 0 aliphatic rings. The van der Waals surface area contributed by atoms with Crippen LogP contribution in [0.1, 0.15) is 32.3 Å². The summed E-state index contributed by atoms with van der Waals surface area (Å²) in [5.74, 6) is 0.0253. The van der Waals surface area contributed by atoms with E-state index in [0.717, 1.165) is 24.0 Å². The number of carbonyl (C=O) groups excluding carboxylic acids is 1. The van der Waals surface area contributed by atoms with Crippen molar-refractivity contribution in [2.24, 2.45) is 0 Å². The Bertz CT molecular complexity index is 354. The number of nitrogens with one attached hydrogen (secondary N) is 1. The maximum atomic E-state index is 11.6. The topological polar surface area (TPSA) is 29.1 Å². The van der Waals surface area contributed by atoms with Gasteiger partial charge in [0, 0.05) is 12.1 Å². The van der Waals surface area contributed by atoms with E-state index < -0.39 is 0 Å². The van der Waals surface area contributed by atoms with Crippen molar-refractivity contribution in [3.63, 3.8) is 0 Å². The average molecular weight is 217 g/mol. The number of carbonyl (C=O) groups is 1. The van der Waals surface area contributed by atoms with Gasteiger partial charge in [-0.2, -0.15) is 0 Å².